The number of aliphatic carboxylic acids is 1. The summed E-state index contributed by atoms with van der Waals surface area (Å²) in [5.41, 5.74) is -1.84. The van der Waals surface area contributed by atoms with Gasteiger partial charge in [-0.15, -0.1) is 0 Å². The molecule has 0 bridgehead atoms. The summed E-state index contributed by atoms with van der Waals surface area (Å²) in [5, 5.41) is 8.99. The highest BCUT2D eigenvalue weighted by Crippen LogP contribution is 2.27. The van der Waals surface area contributed by atoms with E-state index < -0.39 is 38.1 Å². The summed E-state index contributed by atoms with van der Waals surface area (Å²) in [4.78, 5) is 36.7. The molecule has 1 aliphatic rings. The van der Waals surface area contributed by atoms with Gasteiger partial charge < -0.3 is 10.1 Å². The lowest BCUT2D eigenvalue weighted by atomic mass is 9.99. The molecule has 0 radical (unpaired) electrons. The van der Waals surface area contributed by atoms with Crippen LogP contribution in [-0.2, 0) is 14.8 Å². The molecule has 1 saturated heterocycles. The number of carboxylic acid groups (broad SMARTS) is 1. The number of aromatic nitrogens is 2. The van der Waals surface area contributed by atoms with E-state index in [1.807, 2.05) is 4.98 Å². The highest BCUT2D eigenvalue weighted by Gasteiger charge is 2.41. The van der Waals surface area contributed by atoms with Crippen LogP contribution in [0.25, 0.3) is 0 Å². The number of carboxylic acids is 1. The largest absolute Gasteiger partial charge is 0.481 e. The Bertz CT molecular complexity index is 749. The quantitative estimate of drug-likeness (QED) is 0.614. The van der Waals surface area contributed by atoms with Crippen molar-refractivity contribution in [1.82, 2.24) is 14.3 Å². The molecule has 0 unspecified atom stereocenters. The number of hydrogen-bond acceptors (Lipinski definition) is 5. The molecule has 2 atom stereocenters. The zero-order chi connectivity index (χ0) is 15.1. The van der Waals surface area contributed by atoms with Gasteiger partial charge in [0.1, 0.15) is 0 Å². The van der Waals surface area contributed by atoms with Crippen molar-refractivity contribution in [3.63, 3.8) is 0 Å². The van der Waals surface area contributed by atoms with E-state index in [1.54, 1.807) is 6.92 Å². The topological polar surface area (TPSA) is 140 Å². The lowest BCUT2D eigenvalue weighted by Gasteiger charge is -2.14. The molecular formula is C10H13N3O6S. The standard InChI is InChI=1S/C10H13N3O6S/c1-5-3-13(4-6(5)9(15)16)20(18,19)7-2-11-10(17)12-8(7)14/h2,5-6H,3-4H2,1H3,(H,15,16)(H2,11,12,14,17)/t5-,6-/m1/s1. The SMILES string of the molecule is C[C@@H]1CN(S(=O)(=O)c2c[nH]c(=O)[nH]c2=O)C[C@H]1C(=O)O. The van der Waals surface area contributed by atoms with Gasteiger partial charge in [-0.3, -0.25) is 14.6 Å². The Labute approximate surface area is 113 Å². The average Bonchev–Trinajstić information content (AvgIpc) is 2.71. The zero-order valence-electron chi connectivity index (χ0n) is 10.5. The van der Waals surface area contributed by atoms with Crippen molar-refractivity contribution in [1.29, 1.82) is 0 Å². The van der Waals surface area contributed by atoms with Crippen molar-refractivity contribution in [2.24, 2.45) is 11.8 Å². The van der Waals surface area contributed by atoms with E-state index in [-0.39, 0.29) is 19.0 Å². The minimum absolute atomic E-state index is 0.0118. The summed E-state index contributed by atoms with van der Waals surface area (Å²) in [6, 6.07) is 0. The second kappa shape index (κ2) is 4.87. The van der Waals surface area contributed by atoms with Crippen molar-refractivity contribution in [3.8, 4) is 0 Å². The molecule has 0 spiro atoms. The molecule has 2 heterocycles. The molecule has 9 nitrogen and oxygen atoms in total. The molecule has 20 heavy (non-hydrogen) atoms. The molecule has 10 heteroatoms. The third-order valence-electron chi connectivity index (χ3n) is 3.30. The van der Waals surface area contributed by atoms with Crippen LogP contribution in [-0.4, -0.2) is 46.9 Å². The van der Waals surface area contributed by atoms with Crippen molar-refractivity contribution in [3.05, 3.63) is 27.0 Å². The molecule has 1 aromatic heterocycles. The van der Waals surface area contributed by atoms with Crippen molar-refractivity contribution in [2.45, 2.75) is 11.8 Å². The Hall–Kier alpha value is -1.94. The minimum atomic E-state index is -4.13. The first-order valence-corrected chi connectivity index (χ1v) is 7.22. The Morgan fingerprint density at radius 1 is 1.40 bits per heavy atom. The fourth-order valence-electron chi connectivity index (χ4n) is 2.17. The van der Waals surface area contributed by atoms with Gasteiger partial charge in [0.15, 0.2) is 4.90 Å². The van der Waals surface area contributed by atoms with Crippen molar-refractivity contribution >= 4 is 16.0 Å². The summed E-state index contributed by atoms with van der Waals surface area (Å²) >= 11 is 0. The van der Waals surface area contributed by atoms with Gasteiger partial charge in [-0.25, -0.2) is 13.2 Å². The van der Waals surface area contributed by atoms with Gasteiger partial charge in [0.05, 0.1) is 5.92 Å². The molecule has 3 N–H and O–H groups in total. The van der Waals surface area contributed by atoms with E-state index in [2.05, 4.69) is 4.98 Å². The predicted octanol–water partition coefficient (Wildman–Crippen LogP) is -1.60. The van der Waals surface area contributed by atoms with E-state index in [9.17, 15) is 22.8 Å². The van der Waals surface area contributed by atoms with E-state index in [1.165, 1.54) is 0 Å². The number of nitrogens with one attached hydrogen (secondary N) is 2. The van der Waals surface area contributed by atoms with Crippen LogP contribution >= 0.6 is 0 Å². The molecule has 0 aliphatic carbocycles. The van der Waals surface area contributed by atoms with Crippen LogP contribution in [0.5, 0.6) is 0 Å². The van der Waals surface area contributed by atoms with Crippen LogP contribution in [0.15, 0.2) is 20.7 Å². The van der Waals surface area contributed by atoms with Gasteiger partial charge in [-0.05, 0) is 5.92 Å². The molecule has 0 amide bonds. The summed E-state index contributed by atoms with van der Waals surface area (Å²) in [6.07, 6.45) is 0.815. The maximum Gasteiger partial charge on any atom is 0.325 e. The summed E-state index contributed by atoms with van der Waals surface area (Å²) in [5.74, 6) is -2.25. The molecule has 110 valence electrons. The van der Waals surface area contributed by atoms with Gasteiger partial charge in [-0.2, -0.15) is 4.31 Å². The first-order valence-electron chi connectivity index (χ1n) is 5.78. The number of sulfonamides is 1. The molecule has 0 aromatic carbocycles. The summed E-state index contributed by atoms with van der Waals surface area (Å²) < 4.78 is 25.5. The molecule has 1 aliphatic heterocycles. The smallest absolute Gasteiger partial charge is 0.325 e. The highest BCUT2D eigenvalue weighted by atomic mass is 32.2. The lowest BCUT2D eigenvalue weighted by molar-refractivity contribution is -0.142. The zero-order valence-corrected chi connectivity index (χ0v) is 11.3. The van der Waals surface area contributed by atoms with E-state index in [0.717, 1.165) is 10.5 Å². The van der Waals surface area contributed by atoms with E-state index >= 15 is 0 Å². The fraction of sp³-hybridized carbons (Fsp3) is 0.500. The summed E-state index contributed by atoms with van der Waals surface area (Å²) in [6.45, 7) is 1.45. The van der Waals surface area contributed by atoms with Crippen molar-refractivity contribution in [2.75, 3.05) is 13.1 Å². The first kappa shape index (κ1) is 14.5. The average molecular weight is 303 g/mol. The third kappa shape index (κ3) is 2.39. The molecule has 0 saturated carbocycles. The number of rotatable bonds is 3. The van der Waals surface area contributed by atoms with Gasteiger partial charge in [0.25, 0.3) is 5.56 Å². The van der Waals surface area contributed by atoms with Gasteiger partial charge in [0, 0.05) is 19.3 Å². The number of H-pyrrole nitrogens is 2. The highest BCUT2D eigenvalue weighted by molar-refractivity contribution is 7.89. The van der Waals surface area contributed by atoms with Gasteiger partial charge in [-0.1, -0.05) is 6.92 Å². The number of aromatic amines is 2. The maximum absolute atomic E-state index is 12.3. The molecular weight excluding hydrogens is 290 g/mol. The molecule has 1 aromatic rings. The fourth-order valence-corrected chi connectivity index (χ4v) is 3.73. The monoisotopic (exact) mass is 303 g/mol. The Morgan fingerprint density at radius 3 is 2.55 bits per heavy atom. The second-order valence-corrected chi connectivity index (χ2v) is 6.59. The van der Waals surface area contributed by atoms with Crippen LogP contribution in [0.2, 0.25) is 0 Å². The van der Waals surface area contributed by atoms with Crippen LogP contribution in [0.3, 0.4) is 0 Å². The van der Waals surface area contributed by atoms with Crippen molar-refractivity contribution < 1.29 is 18.3 Å². The Balaban J connectivity index is 2.40. The predicted molar refractivity (Wildman–Crippen MR) is 66.7 cm³/mol. The number of hydrogen-bond donors (Lipinski definition) is 3. The Morgan fingerprint density at radius 2 is 2.05 bits per heavy atom. The van der Waals surface area contributed by atoms with Gasteiger partial charge >= 0.3 is 11.7 Å². The molecule has 1 fully saturated rings. The third-order valence-corrected chi connectivity index (χ3v) is 5.14. The lowest BCUT2D eigenvalue weighted by Crippen LogP contribution is -2.36. The number of nitrogens with zero attached hydrogens (tertiary/aromatic N) is 1. The van der Waals surface area contributed by atoms with Crippen LogP contribution < -0.4 is 11.2 Å². The Kier molecular flexibility index (Phi) is 3.52. The maximum atomic E-state index is 12.3. The van der Waals surface area contributed by atoms with Crippen LogP contribution in [0, 0.1) is 11.8 Å². The normalized spacial score (nSPS) is 23.9. The first-order chi connectivity index (χ1) is 9.23. The second-order valence-electron chi connectivity index (χ2n) is 4.68. The van der Waals surface area contributed by atoms with Gasteiger partial charge in [0.2, 0.25) is 10.0 Å². The van der Waals surface area contributed by atoms with E-state index in [0.29, 0.717) is 0 Å². The molecule has 2 rings (SSSR count). The summed E-state index contributed by atoms with van der Waals surface area (Å²) in [7, 11) is -4.13. The number of carbonyl (C=O) groups is 1. The van der Waals surface area contributed by atoms with Crippen LogP contribution in [0.4, 0.5) is 0 Å². The van der Waals surface area contributed by atoms with E-state index in [4.69, 9.17) is 5.11 Å². The van der Waals surface area contributed by atoms with Crippen LogP contribution in [0.1, 0.15) is 6.92 Å². The minimum Gasteiger partial charge on any atom is -0.481 e.